The molecule has 3 nitrogen and oxygen atoms in total. The first-order valence-corrected chi connectivity index (χ1v) is 10.9. The molecule has 1 N–H and O–H groups in total. The average molecular weight is 476 g/mol. The summed E-state index contributed by atoms with van der Waals surface area (Å²) in [7, 11) is 0. The molecule has 1 aromatic heterocycles. The molecule has 4 rings (SSSR count). The zero-order valence-electron chi connectivity index (χ0n) is 19.0. The Morgan fingerprint density at radius 3 is 2.44 bits per heavy atom. The number of hydrogen-bond donors (Lipinski definition) is 1. The Labute approximate surface area is 194 Å². The zero-order chi connectivity index (χ0) is 24.9. The lowest BCUT2D eigenvalue weighted by molar-refractivity contribution is -0.180. The smallest absolute Gasteiger partial charge is 0.385 e. The van der Waals surface area contributed by atoms with Crippen molar-refractivity contribution in [2.24, 2.45) is 0 Å². The van der Waals surface area contributed by atoms with Crippen molar-refractivity contribution in [1.29, 1.82) is 0 Å². The fourth-order valence-electron chi connectivity index (χ4n) is 3.83. The molecule has 34 heavy (non-hydrogen) atoms. The number of aryl methyl sites for hydroxylation is 1. The Morgan fingerprint density at radius 1 is 1.12 bits per heavy atom. The van der Waals surface area contributed by atoms with Gasteiger partial charge in [-0.15, -0.1) is 0 Å². The molecule has 0 atom stereocenters. The van der Waals surface area contributed by atoms with Crippen molar-refractivity contribution in [3.05, 3.63) is 88.0 Å². The predicted molar refractivity (Wildman–Crippen MR) is 120 cm³/mol. The monoisotopic (exact) mass is 476 g/mol. The van der Waals surface area contributed by atoms with E-state index in [0.29, 0.717) is 12.2 Å². The largest absolute Gasteiger partial charge is 0.398 e. The molecule has 8 heteroatoms. The van der Waals surface area contributed by atoms with Crippen molar-refractivity contribution in [2.45, 2.75) is 57.3 Å². The molecule has 0 saturated heterocycles. The second-order valence-electron chi connectivity index (χ2n) is 9.41. The summed E-state index contributed by atoms with van der Waals surface area (Å²) in [6, 6.07) is 12.3. The third kappa shape index (κ3) is 4.64. The minimum atomic E-state index is -4.63. The van der Waals surface area contributed by atoms with Gasteiger partial charge in [0.25, 0.3) is 0 Å². The van der Waals surface area contributed by atoms with Crippen LogP contribution in [-0.4, -0.2) is 21.1 Å². The van der Waals surface area contributed by atoms with Gasteiger partial charge in [0, 0.05) is 11.3 Å². The van der Waals surface area contributed by atoms with E-state index in [-0.39, 0.29) is 11.3 Å². The molecule has 0 amide bonds. The highest BCUT2D eigenvalue weighted by molar-refractivity contribution is 5.75. The van der Waals surface area contributed by atoms with E-state index in [4.69, 9.17) is 0 Å². The third-order valence-electron chi connectivity index (χ3n) is 6.41. The molecule has 2 aromatic carbocycles. The minimum Gasteiger partial charge on any atom is -0.385 e. The molecule has 0 aliphatic heterocycles. The van der Waals surface area contributed by atoms with Crippen molar-refractivity contribution >= 4 is 11.9 Å². The summed E-state index contributed by atoms with van der Waals surface area (Å²) in [6.45, 7) is 3.95. The Hall–Kier alpha value is -3.00. The van der Waals surface area contributed by atoms with E-state index < -0.39 is 34.4 Å². The third-order valence-corrected chi connectivity index (χ3v) is 6.41. The fraction of sp³-hybridized carbons (Fsp3) is 0.346. The molecule has 1 aliphatic rings. The highest BCUT2D eigenvalue weighted by Crippen LogP contribution is 2.45. The predicted octanol–water partition coefficient (Wildman–Crippen LogP) is 6.67. The molecule has 0 spiro atoms. The Bertz CT molecular complexity index is 1250. The summed E-state index contributed by atoms with van der Waals surface area (Å²) in [5.74, 6) is -1.78. The highest BCUT2D eigenvalue weighted by atomic mass is 19.4. The van der Waals surface area contributed by atoms with Gasteiger partial charge in [-0.3, -0.25) is 4.68 Å². The van der Waals surface area contributed by atoms with Crippen LogP contribution in [0.1, 0.15) is 60.3 Å². The first kappa shape index (κ1) is 24.1. The molecule has 1 fully saturated rings. The maximum absolute atomic E-state index is 14.9. The Balaban J connectivity index is 1.55. The summed E-state index contributed by atoms with van der Waals surface area (Å²) < 4.78 is 70.7. The van der Waals surface area contributed by atoms with Crippen LogP contribution in [0.25, 0.3) is 11.9 Å². The Kier molecular flexibility index (Phi) is 5.92. The number of alkyl halides is 3. The van der Waals surface area contributed by atoms with E-state index >= 15 is 0 Å². The lowest BCUT2D eigenvalue weighted by atomic mass is 9.83. The molecule has 0 radical (unpaired) electrons. The fourth-order valence-corrected chi connectivity index (χ4v) is 3.83. The number of benzene rings is 2. The van der Waals surface area contributed by atoms with Gasteiger partial charge in [0.05, 0.1) is 17.6 Å². The van der Waals surface area contributed by atoms with E-state index in [1.807, 2.05) is 24.3 Å². The van der Waals surface area contributed by atoms with Crippen molar-refractivity contribution in [3.63, 3.8) is 0 Å². The Morgan fingerprint density at radius 2 is 1.82 bits per heavy atom. The number of rotatable bonds is 6. The second kappa shape index (κ2) is 8.34. The van der Waals surface area contributed by atoms with Crippen molar-refractivity contribution in [3.8, 4) is 0 Å². The number of halogens is 5. The minimum absolute atomic E-state index is 0.0367. The topological polar surface area (TPSA) is 38.0 Å². The molecular formula is C26H25F5N2O. The van der Waals surface area contributed by atoms with E-state index in [1.165, 1.54) is 6.07 Å². The SMILES string of the molecule is Cc1cc(C(F)=Cc2ccc(C(C)(C)C(F)(F)F)c(F)c2)nn1Cc1cccc(C2(O)CC2)c1. The van der Waals surface area contributed by atoms with Gasteiger partial charge >= 0.3 is 6.18 Å². The highest BCUT2D eigenvalue weighted by Gasteiger charge is 2.49. The van der Waals surface area contributed by atoms with Crippen LogP contribution in [0.5, 0.6) is 0 Å². The summed E-state index contributed by atoms with van der Waals surface area (Å²) in [4.78, 5) is 0. The number of aliphatic hydroxyl groups is 1. The molecule has 1 aliphatic carbocycles. The number of nitrogens with zero attached hydrogens (tertiary/aromatic N) is 2. The van der Waals surface area contributed by atoms with Crippen molar-refractivity contribution in [1.82, 2.24) is 9.78 Å². The van der Waals surface area contributed by atoms with Gasteiger partial charge in [0.1, 0.15) is 11.5 Å². The summed E-state index contributed by atoms with van der Waals surface area (Å²) >= 11 is 0. The van der Waals surface area contributed by atoms with Gasteiger partial charge in [-0.05, 0) is 68.5 Å². The quantitative estimate of drug-likeness (QED) is 0.404. The van der Waals surface area contributed by atoms with Crippen LogP contribution in [0.3, 0.4) is 0 Å². The maximum atomic E-state index is 14.9. The van der Waals surface area contributed by atoms with Gasteiger partial charge in [0.2, 0.25) is 0 Å². The normalized spacial score (nSPS) is 16.1. The summed E-state index contributed by atoms with van der Waals surface area (Å²) in [5, 5.41) is 14.6. The summed E-state index contributed by atoms with van der Waals surface area (Å²) in [6.07, 6.45) is -2.13. The van der Waals surface area contributed by atoms with Gasteiger partial charge in [-0.25, -0.2) is 8.78 Å². The number of aromatic nitrogens is 2. The molecule has 0 unspecified atom stereocenters. The van der Waals surface area contributed by atoms with Crippen LogP contribution in [0.4, 0.5) is 22.0 Å². The van der Waals surface area contributed by atoms with Crippen LogP contribution in [0.15, 0.2) is 48.5 Å². The molecule has 1 saturated carbocycles. The van der Waals surface area contributed by atoms with E-state index in [9.17, 15) is 27.1 Å². The van der Waals surface area contributed by atoms with Crippen molar-refractivity contribution in [2.75, 3.05) is 0 Å². The van der Waals surface area contributed by atoms with Crippen molar-refractivity contribution < 1.29 is 27.1 Å². The second-order valence-corrected chi connectivity index (χ2v) is 9.41. The first-order chi connectivity index (χ1) is 15.8. The van der Waals surface area contributed by atoms with Crippen LogP contribution in [0.2, 0.25) is 0 Å². The van der Waals surface area contributed by atoms with Gasteiger partial charge in [-0.1, -0.05) is 36.4 Å². The molecule has 0 bridgehead atoms. The summed E-state index contributed by atoms with van der Waals surface area (Å²) in [5.41, 5.74) is -1.05. The standard InChI is InChI=1S/C26H25F5N2O/c1-16-11-23(32-33(16)15-18-5-4-6-19(12-18)25(34)9-10-25)22(28)14-17-7-8-20(21(27)13-17)24(2,3)26(29,30)31/h4-8,11-14,34H,9-10,15H2,1-3H3. The van der Waals surface area contributed by atoms with E-state index in [1.54, 1.807) is 17.7 Å². The van der Waals surface area contributed by atoms with Gasteiger partial charge < -0.3 is 5.11 Å². The first-order valence-electron chi connectivity index (χ1n) is 10.9. The van der Waals surface area contributed by atoms with Crippen LogP contribution in [0, 0.1) is 12.7 Å². The lowest BCUT2D eigenvalue weighted by Crippen LogP contribution is -2.37. The van der Waals surface area contributed by atoms with Gasteiger partial charge in [0.15, 0.2) is 5.83 Å². The van der Waals surface area contributed by atoms with E-state index in [0.717, 1.165) is 56.0 Å². The molecule has 180 valence electrons. The number of hydrogen-bond acceptors (Lipinski definition) is 2. The average Bonchev–Trinajstić information content (AvgIpc) is 3.40. The van der Waals surface area contributed by atoms with Crippen LogP contribution < -0.4 is 0 Å². The molecule has 3 aromatic rings. The molecule has 1 heterocycles. The van der Waals surface area contributed by atoms with Crippen LogP contribution >= 0.6 is 0 Å². The van der Waals surface area contributed by atoms with E-state index in [2.05, 4.69) is 5.10 Å². The van der Waals surface area contributed by atoms with Crippen LogP contribution in [-0.2, 0) is 17.6 Å². The maximum Gasteiger partial charge on any atom is 0.398 e. The molecular weight excluding hydrogens is 451 g/mol. The van der Waals surface area contributed by atoms with Gasteiger partial charge in [-0.2, -0.15) is 18.3 Å². The lowest BCUT2D eigenvalue weighted by Gasteiger charge is -2.28. The zero-order valence-corrected chi connectivity index (χ0v) is 19.0.